The maximum Gasteiger partial charge on any atom is 0.359 e. The molecule has 1 amide bonds. The quantitative estimate of drug-likeness (QED) is 0.700. The van der Waals surface area contributed by atoms with E-state index in [1.165, 1.54) is 25.5 Å². The molecule has 2 fully saturated rings. The van der Waals surface area contributed by atoms with Crippen LogP contribution in [0.4, 0.5) is 0 Å². The first-order chi connectivity index (χ1) is 12.0. The van der Waals surface area contributed by atoms with Gasteiger partial charge in [0.25, 0.3) is 5.91 Å². The van der Waals surface area contributed by atoms with Crippen LogP contribution in [-0.4, -0.2) is 41.0 Å². The van der Waals surface area contributed by atoms with Crippen LogP contribution in [0, 0.1) is 5.92 Å². The number of piperidine rings is 1. The molecule has 136 valence electrons. The number of nitrogens with zero attached hydrogens (tertiary/aromatic N) is 2. The molecule has 3 rings (SSSR count). The number of carbonyl (C=O) groups is 2. The fraction of sp³-hybridized carbons (Fsp3) is 0.588. The maximum absolute atomic E-state index is 12.5. The Morgan fingerprint density at radius 2 is 1.84 bits per heavy atom. The van der Waals surface area contributed by atoms with Crippen LogP contribution in [-0.2, 0) is 9.53 Å². The standard InChI is InChI=1S/C17H19Cl3N2O3/c18-11-8-21-16(15(20)14(11)19)17(24)25-9-13(23)22-7-3-5-10-4-1-2-6-12(10)22/h8,10,12H,1-7,9H2/t10-,12-/m0/s1. The molecule has 0 bridgehead atoms. The monoisotopic (exact) mass is 404 g/mol. The van der Waals surface area contributed by atoms with Crippen molar-refractivity contribution in [2.24, 2.45) is 5.92 Å². The molecular formula is C17H19Cl3N2O3. The van der Waals surface area contributed by atoms with Crippen LogP contribution >= 0.6 is 34.8 Å². The normalized spacial score (nSPS) is 23.1. The van der Waals surface area contributed by atoms with E-state index in [9.17, 15) is 9.59 Å². The lowest BCUT2D eigenvalue weighted by Gasteiger charge is -2.44. The van der Waals surface area contributed by atoms with Gasteiger partial charge in [0.15, 0.2) is 12.3 Å². The molecule has 8 heteroatoms. The molecule has 5 nitrogen and oxygen atoms in total. The number of rotatable bonds is 3. The predicted octanol–water partition coefficient (Wildman–Crippen LogP) is 4.38. The molecule has 1 aromatic heterocycles. The SMILES string of the molecule is O=C(OCC(=O)N1CCC[C@@H]2CCCC[C@@H]21)c1ncc(Cl)c(Cl)c1Cl. The molecule has 1 saturated heterocycles. The molecule has 0 N–H and O–H groups in total. The fourth-order valence-corrected chi connectivity index (χ4v) is 4.36. The summed E-state index contributed by atoms with van der Waals surface area (Å²) in [5.41, 5.74) is -0.141. The van der Waals surface area contributed by atoms with Crippen LogP contribution in [0.15, 0.2) is 6.20 Å². The molecule has 2 atom stereocenters. The molecule has 2 heterocycles. The number of esters is 1. The number of aromatic nitrogens is 1. The largest absolute Gasteiger partial charge is 0.451 e. The van der Waals surface area contributed by atoms with Crippen molar-refractivity contribution in [3.05, 3.63) is 27.0 Å². The second-order valence-corrected chi connectivity index (χ2v) is 7.66. The zero-order chi connectivity index (χ0) is 18.0. The first kappa shape index (κ1) is 18.7. The van der Waals surface area contributed by atoms with E-state index < -0.39 is 5.97 Å². The van der Waals surface area contributed by atoms with E-state index in [1.54, 1.807) is 0 Å². The number of hydrogen-bond acceptors (Lipinski definition) is 4. The van der Waals surface area contributed by atoms with Gasteiger partial charge >= 0.3 is 5.97 Å². The first-order valence-corrected chi connectivity index (χ1v) is 9.58. The average molecular weight is 406 g/mol. The fourth-order valence-electron chi connectivity index (χ4n) is 3.80. The number of fused-ring (bicyclic) bond motifs is 1. The van der Waals surface area contributed by atoms with Gasteiger partial charge in [-0.1, -0.05) is 47.6 Å². The Bertz CT molecular complexity index is 681. The molecule has 2 aliphatic rings. The van der Waals surface area contributed by atoms with E-state index in [2.05, 4.69) is 4.98 Å². The maximum atomic E-state index is 12.5. The van der Waals surface area contributed by atoms with Crippen molar-refractivity contribution in [2.45, 2.75) is 44.6 Å². The highest BCUT2D eigenvalue weighted by atomic mass is 35.5. The lowest BCUT2D eigenvalue weighted by Crippen LogP contribution is -2.50. The van der Waals surface area contributed by atoms with Crippen LogP contribution in [0.25, 0.3) is 0 Å². The highest BCUT2D eigenvalue weighted by Gasteiger charge is 2.36. The van der Waals surface area contributed by atoms with Crippen molar-refractivity contribution in [1.82, 2.24) is 9.88 Å². The van der Waals surface area contributed by atoms with Crippen molar-refractivity contribution in [1.29, 1.82) is 0 Å². The number of amides is 1. The Morgan fingerprint density at radius 3 is 2.64 bits per heavy atom. The van der Waals surface area contributed by atoms with Gasteiger partial charge in [-0.25, -0.2) is 9.78 Å². The lowest BCUT2D eigenvalue weighted by atomic mass is 9.78. The van der Waals surface area contributed by atoms with Gasteiger partial charge < -0.3 is 9.64 Å². The molecule has 0 aromatic carbocycles. The second kappa shape index (κ2) is 8.11. The Hall–Kier alpha value is -1.04. The van der Waals surface area contributed by atoms with Crippen molar-refractivity contribution in [3.8, 4) is 0 Å². The van der Waals surface area contributed by atoms with Crippen LogP contribution in [0.2, 0.25) is 15.1 Å². The average Bonchev–Trinajstić information content (AvgIpc) is 2.63. The molecule has 1 aromatic rings. The van der Waals surface area contributed by atoms with E-state index in [4.69, 9.17) is 39.5 Å². The summed E-state index contributed by atoms with van der Waals surface area (Å²) in [6.45, 7) is 0.406. The van der Waals surface area contributed by atoms with E-state index in [-0.39, 0.29) is 39.3 Å². The number of hydrogen-bond donors (Lipinski definition) is 0. The lowest BCUT2D eigenvalue weighted by molar-refractivity contribution is -0.140. The zero-order valence-corrected chi connectivity index (χ0v) is 15.9. The highest BCUT2D eigenvalue weighted by Crippen LogP contribution is 2.35. The Morgan fingerprint density at radius 1 is 1.12 bits per heavy atom. The molecule has 1 aliphatic carbocycles. The van der Waals surface area contributed by atoms with Gasteiger partial charge in [-0.05, 0) is 31.6 Å². The molecule has 25 heavy (non-hydrogen) atoms. The van der Waals surface area contributed by atoms with Crippen LogP contribution < -0.4 is 0 Å². The number of ether oxygens (including phenoxy) is 1. The summed E-state index contributed by atoms with van der Waals surface area (Å²) in [5.74, 6) is -0.372. The minimum absolute atomic E-state index is 0.0395. The summed E-state index contributed by atoms with van der Waals surface area (Å²) in [6.07, 6.45) is 8.00. The van der Waals surface area contributed by atoms with Gasteiger partial charge in [-0.3, -0.25) is 4.79 Å². The third-order valence-electron chi connectivity index (χ3n) is 5.00. The summed E-state index contributed by atoms with van der Waals surface area (Å²) in [6, 6.07) is 0.278. The second-order valence-electron chi connectivity index (χ2n) is 6.50. The van der Waals surface area contributed by atoms with Gasteiger partial charge in [0, 0.05) is 18.8 Å². The number of pyridine rings is 1. The molecule has 1 aliphatic heterocycles. The molecule has 0 spiro atoms. The van der Waals surface area contributed by atoms with Gasteiger partial charge in [-0.2, -0.15) is 0 Å². The van der Waals surface area contributed by atoms with Crippen LogP contribution in [0.3, 0.4) is 0 Å². The molecular weight excluding hydrogens is 387 g/mol. The Kier molecular flexibility index (Phi) is 6.08. The van der Waals surface area contributed by atoms with E-state index >= 15 is 0 Å². The topological polar surface area (TPSA) is 59.5 Å². The van der Waals surface area contributed by atoms with Gasteiger partial charge in [-0.15, -0.1) is 0 Å². The number of likely N-dealkylation sites (tertiary alicyclic amines) is 1. The highest BCUT2D eigenvalue weighted by molar-refractivity contribution is 6.48. The van der Waals surface area contributed by atoms with E-state index in [1.807, 2.05) is 4.90 Å². The van der Waals surface area contributed by atoms with Crippen molar-refractivity contribution < 1.29 is 14.3 Å². The molecule has 0 radical (unpaired) electrons. The van der Waals surface area contributed by atoms with E-state index in [0.717, 1.165) is 25.8 Å². The molecule has 0 unspecified atom stereocenters. The van der Waals surface area contributed by atoms with Gasteiger partial charge in [0.1, 0.15) is 0 Å². The summed E-state index contributed by atoms with van der Waals surface area (Å²) >= 11 is 17.7. The number of halogens is 3. The van der Waals surface area contributed by atoms with Crippen molar-refractivity contribution in [3.63, 3.8) is 0 Å². The third kappa shape index (κ3) is 4.04. The minimum atomic E-state index is -0.783. The van der Waals surface area contributed by atoms with Crippen LogP contribution in [0.1, 0.15) is 49.0 Å². The van der Waals surface area contributed by atoms with Crippen molar-refractivity contribution in [2.75, 3.05) is 13.2 Å². The first-order valence-electron chi connectivity index (χ1n) is 8.45. The number of carbonyl (C=O) groups excluding carboxylic acids is 2. The van der Waals surface area contributed by atoms with Gasteiger partial charge in [0.05, 0.1) is 15.1 Å². The predicted molar refractivity (Wildman–Crippen MR) is 96.2 cm³/mol. The Balaban J connectivity index is 1.62. The summed E-state index contributed by atoms with van der Waals surface area (Å²) in [7, 11) is 0. The van der Waals surface area contributed by atoms with Crippen molar-refractivity contribution >= 4 is 46.7 Å². The third-order valence-corrected chi connectivity index (χ3v) is 6.24. The summed E-state index contributed by atoms with van der Waals surface area (Å²) < 4.78 is 5.12. The minimum Gasteiger partial charge on any atom is -0.451 e. The summed E-state index contributed by atoms with van der Waals surface area (Å²) in [4.78, 5) is 30.4. The van der Waals surface area contributed by atoms with Gasteiger partial charge in [0.2, 0.25) is 0 Å². The smallest absolute Gasteiger partial charge is 0.359 e. The van der Waals surface area contributed by atoms with E-state index in [0.29, 0.717) is 5.92 Å². The van der Waals surface area contributed by atoms with Crippen LogP contribution in [0.5, 0.6) is 0 Å². The summed E-state index contributed by atoms with van der Waals surface area (Å²) in [5, 5.41) is 0.116. The molecule has 1 saturated carbocycles. The zero-order valence-electron chi connectivity index (χ0n) is 13.6. The Labute approximate surface area is 161 Å².